The predicted molar refractivity (Wildman–Crippen MR) is 99.4 cm³/mol. The lowest BCUT2D eigenvalue weighted by Gasteiger charge is -2.27. The Bertz CT molecular complexity index is 1060. The molecule has 28 heavy (non-hydrogen) atoms. The van der Waals surface area contributed by atoms with Crippen molar-refractivity contribution >= 4 is 34.3 Å². The second kappa shape index (κ2) is 6.42. The van der Waals surface area contributed by atoms with E-state index in [2.05, 4.69) is 0 Å². The average molecular weight is 374 g/mol. The van der Waals surface area contributed by atoms with Gasteiger partial charge in [-0.3, -0.25) is 19.2 Å². The summed E-state index contributed by atoms with van der Waals surface area (Å²) in [5, 5.41) is 0. The summed E-state index contributed by atoms with van der Waals surface area (Å²) < 4.78 is 10.6. The van der Waals surface area contributed by atoms with Gasteiger partial charge in [0.05, 0.1) is 14.2 Å². The number of ether oxygens (including phenoxy) is 2. The summed E-state index contributed by atoms with van der Waals surface area (Å²) in [6, 6.07) is 13.1. The van der Waals surface area contributed by atoms with Crippen molar-refractivity contribution in [2.24, 2.45) is 0 Å². The number of carbonyl (C=O) groups excluding carboxylic acids is 4. The fourth-order valence-electron chi connectivity index (χ4n) is 3.61. The van der Waals surface area contributed by atoms with Crippen LogP contribution in [0.1, 0.15) is 31.8 Å². The first-order valence-electron chi connectivity index (χ1n) is 8.45. The smallest absolute Gasteiger partial charge is 0.268 e. The lowest BCUT2D eigenvalue weighted by atomic mass is 9.77. The lowest BCUT2D eigenvalue weighted by Crippen LogP contribution is -2.29. The number of hydrogen-bond acceptors (Lipinski definition) is 6. The first-order chi connectivity index (χ1) is 13.5. The van der Waals surface area contributed by atoms with Crippen LogP contribution in [0.4, 0.5) is 0 Å². The van der Waals surface area contributed by atoms with Crippen LogP contribution in [0.25, 0.3) is 11.1 Å². The van der Waals surface area contributed by atoms with E-state index in [1.54, 1.807) is 36.4 Å². The minimum absolute atomic E-state index is 0.190. The number of ketones is 4. The Hall–Kier alpha value is -3.80. The minimum Gasteiger partial charge on any atom is -0.492 e. The molecule has 2 aromatic carbocycles. The zero-order valence-corrected chi connectivity index (χ0v) is 15.1. The number of methoxy groups -OCH3 is 2. The van der Waals surface area contributed by atoms with Crippen molar-refractivity contribution in [2.75, 3.05) is 14.2 Å². The molecule has 0 aliphatic heterocycles. The molecule has 0 atom stereocenters. The number of rotatable bonds is 3. The molecular weight excluding hydrogens is 360 g/mol. The van der Waals surface area contributed by atoms with Crippen molar-refractivity contribution < 1.29 is 28.7 Å². The van der Waals surface area contributed by atoms with E-state index in [1.807, 2.05) is 0 Å². The Labute approximate surface area is 160 Å². The van der Waals surface area contributed by atoms with Crippen molar-refractivity contribution in [3.05, 3.63) is 82.3 Å². The summed E-state index contributed by atoms with van der Waals surface area (Å²) in [5.41, 5.74) is 1.79. The van der Waals surface area contributed by atoms with Crippen LogP contribution in [0.15, 0.2) is 60.0 Å². The Morgan fingerprint density at radius 2 is 0.821 bits per heavy atom. The van der Waals surface area contributed by atoms with Crippen LogP contribution in [0.5, 0.6) is 0 Å². The molecule has 4 rings (SSSR count). The SMILES string of the molecule is COC1=C(C2=C(OC)C(=O)C(=O)c3ccccc32)c2ccccc2C(=O)C1=O. The third-order valence-electron chi connectivity index (χ3n) is 4.82. The molecule has 2 aliphatic rings. The van der Waals surface area contributed by atoms with Crippen molar-refractivity contribution in [1.82, 2.24) is 0 Å². The van der Waals surface area contributed by atoms with E-state index in [0.717, 1.165) is 0 Å². The molecule has 6 nitrogen and oxygen atoms in total. The molecule has 2 aromatic rings. The largest absolute Gasteiger partial charge is 0.492 e. The summed E-state index contributed by atoms with van der Waals surface area (Å²) >= 11 is 0. The fourth-order valence-corrected chi connectivity index (χ4v) is 3.61. The van der Waals surface area contributed by atoms with E-state index in [-0.39, 0.29) is 33.8 Å². The molecule has 0 saturated carbocycles. The topological polar surface area (TPSA) is 86.7 Å². The number of allylic oxidation sites excluding steroid dienone is 4. The van der Waals surface area contributed by atoms with Gasteiger partial charge >= 0.3 is 0 Å². The lowest BCUT2D eigenvalue weighted by molar-refractivity contribution is -0.115. The highest BCUT2D eigenvalue weighted by Crippen LogP contribution is 2.44. The molecule has 0 unspecified atom stereocenters. The average Bonchev–Trinajstić information content (AvgIpc) is 2.73. The van der Waals surface area contributed by atoms with Gasteiger partial charge in [0.1, 0.15) is 0 Å². The van der Waals surface area contributed by atoms with Crippen molar-refractivity contribution in [3.63, 3.8) is 0 Å². The van der Waals surface area contributed by atoms with Gasteiger partial charge in [-0.25, -0.2) is 0 Å². The monoisotopic (exact) mass is 374 g/mol. The highest BCUT2D eigenvalue weighted by atomic mass is 16.5. The summed E-state index contributed by atoms with van der Waals surface area (Å²) in [6.07, 6.45) is 0. The molecule has 0 saturated heterocycles. The summed E-state index contributed by atoms with van der Waals surface area (Å²) in [6.45, 7) is 0. The van der Waals surface area contributed by atoms with Gasteiger partial charge in [0.25, 0.3) is 11.6 Å². The highest BCUT2D eigenvalue weighted by Gasteiger charge is 2.41. The third-order valence-corrected chi connectivity index (χ3v) is 4.82. The van der Waals surface area contributed by atoms with E-state index < -0.39 is 23.1 Å². The molecular formula is C22H14O6. The van der Waals surface area contributed by atoms with Crippen LogP contribution in [0, 0.1) is 0 Å². The zero-order valence-electron chi connectivity index (χ0n) is 15.1. The summed E-state index contributed by atoms with van der Waals surface area (Å²) in [5.74, 6) is -3.40. The van der Waals surface area contributed by atoms with Crippen molar-refractivity contribution in [3.8, 4) is 0 Å². The van der Waals surface area contributed by atoms with Gasteiger partial charge in [-0.05, 0) is 11.1 Å². The van der Waals surface area contributed by atoms with Crippen LogP contribution < -0.4 is 0 Å². The first-order valence-corrected chi connectivity index (χ1v) is 8.45. The second-order valence-electron chi connectivity index (χ2n) is 6.22. The summed E-state index contributed by atoms with van der Waals surface area (Å²) in [4.78, 5) is 50.3. The number of hydrogen-bond donors (Lipinski definition) is 0. The van der Waals surface area contributed by atoms with E-state index in [1.165, 1.54) is 26.4 Å². The molecule has 0 bridgehead atoms. The number of benzene rings is 2. The minimum atomic E-state index is -0.819. The van der Waals surface area contributed by atoms with Crippen LogP contribution in [0.2, 0.25) is 0 Å². The molecule has 0 spiro atoms. The molecule has 0 heterocycles. The molecule has 0 N–H and O–H groups in total. The summed E-state index contributed by atoms with van der Waals surface area (Å²) in [7, 11) is 2.56. The maximum absolute atomic E-state index is 12.7. The standard InChI is InChI=1S/C22H14O6/c1-27-21-15(11-7-3-5-9-13(11)17(23)19(21)25)16-12-8-4-6-10-14(12)18(24)20(26)22(16)28-2/h3-10H,1-2H3. The Morgan fingerprint density at radius 1 is 0.500 bits per heavy atom. The third kappa shape index (κ3) is 2.28. The molecule has 0 aromatic heterocycles. The highest BCUT2D eigenvalue weighted by molar-refractivity contribution is 6.56. The quantitative estimate of drug-likeness (QED) is 0.768. The number of Topliss-reactive ketones (excluding diaryl/α,β-unsaturated/α-hetero) is 4. The van der Waals surface area contributed by atoms with Crippen LogP contribution in [-0.2, 0) is 19.1 Å². The van der Waals surface area contributed by atoms with Crippen molar-refractivity contribution in [2.45, 2.75) is 0 Å². The number of fused-ring (bicyclic) bond motifs is 2. The normalized spacial score (nSPS) is 16.2. The maximum Gasteiger partial charge on any atom is 0.268 e. The van der Waals surface area contributed by atoms with E-state index in [0.29, 0.717) is 11.1 Å². The Balaban J connectivity index is 2.16. The Kier molecular flexibility index (Phi) is 4.04. The first kappa shape index (κ1) is 17.6. The molecule has 0 amide bonds. The van der Waals surface area contributed by atoms with Crippen molar-refractivity contribution in [1.29, 1.82) is 0 Å². The van der Waals surface area contributed by atoms with Gasteiger partial charge in [0.15, 0.2) is 11.5 Å². The van der Waals surface area contributed by atoms with Gasteiger partial charge in [-0.15, -0.1) is 0 Å². The number of carbonyl (C=O) groups is 4. The van der Waals surface area contributed by atoms with Crippen LogP contribution in [-0.4, -0.2) is 37.4 Å². The molecule has 138 valence electrons. The van der Waals surface area contributed by atoms with Gasteiger partial charge in [-0.2, -0.15) is 0 Å². The maximum atomic E-state index is 12.7. The van der Waals surface area contributed by atoms with E-state index >= 15 is 0 Å². The van der Waals surface area contributed by atoms with Gasteiger partial charge in [0, 0.05) is 22.3 Å². The van der Waals surface area contributed by atoms with E-state index in [4.69, 9.17) is 9.47 Å². The van der Waals surface area contributed by atoms with E-state index in [9.17, 15) is 19.2 Å². The fraction of sp³-hybridized carbons (Fsp3) is 0.0909. The van der Waals surface area contributed by atoms with Gasteiger partial charge in [-0.1, -0.05) is 48.5 Å². The predicted octanol–water partition coefficient (Wildman–Crippen LogP) is 2.63. The molecule has 2 aliphatic carbocycles. The molecule has 6 heteroatoms. The van der Waals surface area contributed by atoms with Gasteiger partial charge in [0.2, 0.25) is 11.6 Å². The van der Waals surface area contributed by atoms with Crippen LogP contribution >= 0.6 is 0 Å². The Morgan fingerprint density at radius 3 is 1.14 bits per heavy atom. The zero-order chi connectivity index (χ0) is 20.0. The second-order valence-corrected chi connectivity index (χ2v) is 6.22. The molecule has 0 radical (unpaired) electrons. The van der Waals surface area contributed by atoms with Gasteiger partial charge < -0.3 is 9.47 Å². The van der Waals surface area contributed by atoms with Crippen LogP contribution in [0.3, 0.4) is 0 Å². The molecule has 0 fully saturated rings.